The fraction of sp³-hybridized carbons (Fsp3) is 0.489. The lowest BCUT2D eigenvalue weighted by molar-refractivity contribution is -0.142. The van der Waals surface area contributed by atoms with Crippen LogP contribution in [0.4, 0.5) is 4.39 Å². The first-order valence-electron chi connectivity index (χ1n) is 20.7. The molecule has 0 radical (unpaired) electrons. The van der Waals surface area contributed by atoms with Crippen molar-refractivity contribution in [3.63, 3.8) is 0 Å². The van der Waals surface area contributed by atoms with Crippen LogP contribution in [-0.2, 0) is 31.0 Å². The van der Waals surface area contributed by atoms with Gasteiger partial charge in [0.2, 0.25) is 11.8 Å². The highest BCUT2D eigenvalue weighted by molar-refractivity contribution is 7.87. The number of nitrogens with zero attached hydrogens (tertiary/aromatic N) is 4. The molecular formula is C45H54FN5O7S2. The van der Waals surface area contributed by atoms with E-state index in [0.29, 0.717) is 47.5 Å². The summed E-state index contributed by atoms with van der Waals surface area (Å²) in [7, 11) is 0.128. The Morgan fingerprint density at radius 3 is 2.62 bits per heavy atom. The molecule has 12 nitrogen and oxygen atoms in total. The maximum Gasteiger partial charge on any atom is 0.303 e. The van der Waals surface area contributed by atoms with Gasteiger partial charge in [-0.3, -0.25) is 14.4 Å². The Kier molecular flexibility index (Phi) is 12.8. The highest BCUT2D eigenvalue weighted by atomic mass is 32.2. The van der Waals surface area contributed by atoms with Crippen LogP contribution in [0.15, 0.2) is 60.0 Å². The molecule has 7 rings (SSSR count). The molecule has 2 aromatic carbocycles. The van der Waals surface area contributed by atoms with Crippen LogP contribution in [-0.4, -0.2) is 85.1 Å². The van der Waals surface area contributed by atoms with Gasteiger partial charge in [0.1, 0.15) is 34.1 Å². The van der Waals surface area contributed by atoms with Crippen LogP contribution in [0.2, 0.25) is 0 Å². The topological polar surface area (TPSA) is 148 Å². The molecule has 60 heavy (non-hydrogen) atoms. The van der Waals surface area contributed by atoms with E-state index in [1.807, 2.05) is 48.7 Å². The van der Waals surface area contributed by atoms with E-state index in [2.05, 4.69) is 18.6 Å². The summed E-state index contributed by atoms with van der Waals surface area (Å²) in [5.74, 6) is -1.18. The fourth-order valence-electron chi connectivity index (χ4n) is 8.54. The number of aryl methyl sites for hydroxylation is 1. The molecule has 2 aliphatic heterocycles. The SMILES string of the molecule is COc1ccc2c(O[C@@H]3C[C@H]4C(=O)C[C@]5(C(=O)NS(=O)(=O)N(C)C)C[C@H]5/C=C\CCCCC[C@H](Cc5cccc(F)c5)C(=O)N4C3)cc(-c3nc(C(C)C)cs3)nc2c1C. The molecule has 0 spiro atoms. The summed E-state index contributed by atoms with van der Waals surface area (Å²) in [6, 6.07) is 10.9. The molecule has 3 aliphatic rings. The summed E-state index contributed by atoms with van der Waals surface area (Å²) in [5.41, 5.74) is 2.46. The van der Waals surface area contributed by atoms with Gasteiger partial charge in [-0.1, -0.05) is 51.0 Å². The number of carbonyl (C=O) groups excluding carboxylic acids is 3. The number of aromatic nitrogens is 2. The Balaban J connectivity index is 1.26. The average Bonchev–Trinajstić information content (AvgIpc) is 3.49. The van der Waals surface area contributed by atoms with Gasteiger partial charge in [-0.05, 0) is 80.7 Å². The van der Waals surface area contributed by atoms with Gasteiger partial charge in [-0.25, -0.2) is 19.1 Å². The van der Waals surface area contributed by atoms with Gasteiger partial charge in [-0.15, -0.1) is 11.3 Å². The normalized spacial score (nSPS) is 24.4. The van der Waals surface area contributed by atoms with Gasteiger partial charge in [-0.2, -0.15) is 12.7 Å². The molecule has 1 saturated carbocycles. The number of ketones is 1. The third-order valence-corrected chi connectivity index (χ3v) is 14.5. The zero-order valence-corrected chi connectivity index (χ0v) is 36.7. The van der Waals surface area contributed by atoms with E-state index in [4.69, 9.17) is 19.4 Å². The quantitative estimate of drug-likeness (QED) is 0.160. The molecule has 1 N–H and O–H groups in total. The lowest BCUT2D eigenvalue weighted by Gasteiger charge is -2.29. The standard InChI is InChI=1S/C45H54FN5O7S2/c1-27(2)36-26-59-42(48-36)35-22-40(34-17-18-39(57-6)28(3)41(34)47-35)58-33-21-37-38(52)24-45(44(54)49-60(55,56)50(4)5)23-31(45)15-11-9-7-8-10-14-30(43(53)51(37)25-33)19-29-13-12-16-32(46)20-29/h11-13,15-18,20,22,26-27,30-31,33,37H,7-10,14,19,21,23-25H2,1-6H3,(H,49,54)/b15-11-/t30-,31-,33-,37+,45-/m1/s1. The summed E-state index contributed by atoms with van der Waals surface area (Å²) in [5, 5.41) is 3.48. The van der Waals surface area contributed by atoms with Crippen LogP contribution in [0, 0.1) is 30.0 Å². The van der Waals surface area contributed by atoms with Crippen LogP contribution in [0.5, 0.6) is 11.5 Å². The van der Waals surface area contributed by atoms with Crippen molar-refractivity contribution in [2.75, 3.05) is 27.7 Å². The minimum atomic E-state index is -4.13. The molecule has 4 aromatic rings. The number of ether oxygens (including phenoxy) is 2. The van der Waals surface area contributed by atoms with Crippen molar-refractivity contribution in [2.45, 2.75) is 96.6 Å². The van der Waals surface area contributed by atoms with Crippen molar-refractivity contribution < 1.29 is 36.7 Å². The predicted octanol–water partition coefficient (Wildman–Crippen LogP) is 7.55. The van der Waals surface area contributed by atoms with E-state index in [0.717, 1.165) is 51.6 Å². The number of fused-ring (bicyclic) bond motifs is 3. The number of hydrogen-bond acceptors (Lipinski definition) is 10. The molecule has 5 atom stereocenters. The van der Waals surface area contributed by atoms with Crippen LogP contribution < -0.4 is 14.2 Å². The lowest BCUT2D eigenvalue weighted by atomic mass is 9.90. The van der Waals surface area contributed by atoms with Gasteiger partial charge in [0.15, 0.2) is 5.78 Å². The fourth-order valence-corrected chi connectivity index (χ4v) is 10.1. The van der Waals surface area contributed by atoms with E-state index < -0.39 is 39.6 Å². The first-order chi connectivity index (χ1) is 28.6. The number of rotatable bonds is 10. The van der Waals surface area contributed by atoms with Gasteiger partial charge < -0.3 is 14.4 Å². The Labute approximate surface area is 355 Å². The van der Waals surface area contributed by atoms with E-state index >= 15 is 0 Å². The maximum absolute atomic E-state index is 14.9. The van der Waals surface area contributed by atoms with E-state index in [1.54, 1.807) is 18.1 Å². The Morgan fingerprint density at radius 2 is 1.90 bits per heavy atom. The number of carbonyl (C=O) groups is 3. The lowest BCUT2D eigenvalue weighted by Crippen LogP contribution is -2.47. The van der Waals surface area contributed by atoms with Gasteiger partial charge >= 0.3 is 10.2 Å². The van der Waals surface area contributed by atoms with Gasteiger partial charge in [0.05, 0.1) is 36.3 Å². The molecule has 4 heterocycles. The third-order valence-electron chi connectivity index (χ3n) is 12.2. The molecule has 2 amide bonds. The minimum Gasteiger partial charge on any atom is -0.496 e. The van der Waals surface area contributed by atoms with Gasteiger partial charge in [0.25, 0.3) is 0 Å². The molecular weight excluding hydrogens is 806 g/mol. The second kappa shape index (κ2) is 17.7. The minimum absolute atomic E-state index is 0.0927. The van der Waals surface area contributed by atoms with E-state index in [-0.39, 0.29) is 48.7 Å². The van der Waals surface area contributed by atoms with Crippen molar-refractivity contribution in [1.29, 1.82) is 0 Å². The summed E-state index contributed by atoms with van der Waals surface area (Å²) >= 11 is 1.49. The number of allylic oxidation sites excluding steroid dienone is 2. The molecule has 2 aromatic heterocycles. The number of nitrogens with one attached hydrogen (secondary N) is 1. The van der Waals surface area contributed by atoms with Crippen molar-refractivity contribution in [3.05, 3.63) is 82.6 Å². The highest BCUT2D eigenvalue weighted by Gasteiger charge is 2.61. The van der Waals surface area contributed by atoms with Crippen molar-refractivity contribution in [2.24, 2.45) is 17.3 Å². The summed E-state index contributed by atoms with van der Waals surface area (Å²) in [6.45, 7) is 6.19. The number of methoxy groups -OCH3 is 1. The molecule has 1 saturated heterocycles. The first kappa shape index (κ1) is 43.4. The second-order valence-electron chi connectivity index (χ2n) is 16.9. The molecule has 320 valence electrons. The molecule has 0 unspecified atom stereocenters. The van der Waals surface area contributed by atoms with Crippen LogP contribution in [0.3, 0.4) is 0 Å². The van der Waals surface area contributed by atoms with Crippen LogP contribution >= 0.6 is 11.3 Å². The first-order valence-corrected chi connectivity index (χ1v) is 23.0. The van der Waals surface area contributed by atoms with E-state index in [9.17, 15) is 27.2 Å². The third kappa shape index (κ3) is 9.13. The zero-order valence-electron chi connectivity index (χ0n) is 35.1. The Morgan fingerprint density at radius 1 is 1.10 bits per heavy atom. The molecule has 0 bridgehead atoms. The Hall–Kier alpha value is -4.73. The van der Waals surface area contributed by atoms with Crippen molar-refractivity contribution >= 4 is 50.0 Å². The summed E-state index contributed by atoms with van der Waals surface area (Å²) < 4.78 is 55.8. The maximum atomic E-state index is 14.9. The average molecular weight is 860 g/mol. The molecule has 1 aliphatic carbocycles. The Bertz CT molecular complexity index is 2420. The van der Waals surface area contributed by atoms with Crippen molar-refractivity contribution in [1.82, 2.24) is 23.9 Å². The number of benzene rings is 2. The number of Topliss-reactive ketones (excluding diaryl/α,β-unsaturated/α-hetero) is 1. The smallest absolute Gasteiger partial charge is 0.303 e. The number of halogens is 1. The monoisotopic (exact) mass is 859 g/mol. The van der Waals surface area contributed by atoms with Gasteiger partial charge in [0, 0.05) is 55.3 Å². The number of thiazole rings is 1. The molecule has 15 heteroatoms. The summed E-state index contributed by atoms with van der Waals surface area (Å²) in [6.07, 6.45) is 7.55. The van der Waals surface area contributed by atoms with Crippen LogP contribution in [0.25, 0.3) is 21.6 Å². The van der Waals surface area contributed by atoms with Crippen LogP contribution in [0.1, 0.15) is 88.0 Å². The highest BCUT2D eigenvalue weighted by Crippen LogP contribution is 2.57. The second-order valence-corrected chi connectivity index (χ2v) is 19.7. The zero-order chi connectivity index (χ0) is 42.9. The number of pyridine rings is 1. The number of amides is 2. The molecule has 2 fully saturated rings. The predicted molar refractivity (Wildman–Crippen MR) is 229 cm³/mol. The van der Waals surface area contributed by atoms with Crippen molar-refractivity contribution in [3.8, 4) is 22.2 Å². The number of hydrogen-bond donors (Lipinski definition) is 1. The largest absolute Gasteiger partial charge is 0.496 e. The van der Waals surface area contributed by atoms with E-state index in [1.165, 1.54) is 37.6 Å². The summed E-state index contributed by atoms with van der Waals surface area (Å²) in [4.78, 5) is 55.1.